The van der Waals surface area contributed by atoms with Crippen LogP contribution < -0.4 is 5.32 Å². The fourth-order valence-electron chi connectivity index (χ4n) is 3.12. The molecule has 104 valence electrons. The molecule has 0 bridgehead atoms. The first kappa shape index (κ1) is 13.3. The maximum atomic E-state index is 13.4. The highest BCUT2D eigenvalue weighted by Crippen LogP contribution is 2.34. The van der Waals surface area contributed by atoms with Crippen molar-refractivity contribution < 1.29 is 4.39 Å². The minimum atomic E-state index is -0.134. The molecule has 2 aromatic carbocycles. The molecule has 1 nitrogen and oxygen atoms in total. The number of fused-ring (bicyclic) bond motifs is 1. The Hall–Kier alpha value is -1.67. The molecule has 0 saturated heterocycles. The summed E-state index contributed by atoms with van der Waals surface area (Å²) in [4.78, 5) is 0. The van der Waals surface area contributed by atoms with Gasteiger partial charge in [0.2, 0.25) is 0 Å². The Kier molecular flexibility index (Phi) is 3.83. The highest BCUT2D eigenvalue weighted by molar-refractivity contribution is 5.35. The summed E-state index contributed by atoms with van der Waals surface area (Å²) in [5.41, 5.74) is 3.73. The predicted octanol–water partition coefficient (Wildman–Crippen LogP) is 4.55. The number of hydrogen-bond donors (Lipinski definition) is 1. The van der Waals surface area contributed by atoms with E-state index in [1.807, 2.05) is 12.1 Å². The molecule has 0 amide bonds. The van der Waals surface area contributed by atoms with Crippen LogP contribution in [0.15, 0.2) is 48.5 Å². The second-order valence-corrected chi connectivity index (χ2v) is 5.47. The van der Waals surface area contributed by atoms with Crippen molar-refractivity contribution in [3.8, 4) is 0 Å². The van der Waals surface area contributed by atoms with E-state index in [1.165, 1.54) is 11.1 Å². The van der Waals surface area contributed by atoms with Gasteiger partial charge in [-0.25, -0.2) is 4.39 Å². The number of rotatable bonds is 4. The number of benzene rings is 2. The molecule has 3 rings (SSSR count). The first-order chi connectivity index (χ1) is 9.78. The zero-order chi connectivity index (χ0) is 13.9. The van der Waals surface area contributed by atoms with Gasteiger partial charge in [0.1, 0.15) is 5.82 Å². The first-order valence-corrected chi connectivity index (χ1v) is 7.37. The van der Waals surface area contributed by atoms with Crippen LogP contribution in [0.1, 0.15) is 48.5 Å². The standard InChI is InChI=1S/C18H20FN/c1-2-17(14-6-4-3-5-7-14)20-18-11-9-13-8-10-15(19)12-16(13)18/h3-8,10,12,17-18,20H,2,9,11H2,1H3. The molecular formula is C18H20FN. The van der Waals surface area contributed by atoms with E-state index in [9.17, 15) is 4.39 Å². The van der Waals surface area contributed by atoms with E-state index >= 15 is 0 Å². The molecule has 0 aromatic heterocycles. The van der Waals surface area contributed by atoms with Crippen LogP contribution in [0, 0.1) is 5.82 Å². The van der Waals surface area contributed by atoms with Crippen LogP contribution in [0.4, 0.5) is 4.39 Å². The Morgan fingerprint density at radius 1 is 1.20 bits per heavy atom. The molecule has 2 heteroatoms. The number of nitrogens with one attached hydrogen (secondary N) is 1. The molecular weight excluding hydrogens is 249 g/mol. The van der Waals surface area contributed by atoms with Crippen LogP contribution in [-0.2, 0) is 6.42 Å². The maximum Gasteiger partial charge on any atom is 0.123 e. The average Bonchev–Trinajstić information content (AvgIpc) is 2.88. The summed E-state index contributed by atoms with van der Waals surface area (Å²) < 4.78 is 13.4. The normalized spacial score (nSPS) is 18.8. The third-order valence-electron chi connectivity index (χ3n) is 4.20. The SMILES string of the molecule is CCC(NC1CCc2ccc(F)cc21)c1ccccc1. The van der Waals surface area contributed by atoms with Crippen molar-refractivity contribution in [3.63, 3.8) is 0 Å². The summed E-state index contributed by atoms with van der Waals surface area (Å²) in [5, 5.41) is 3.70. The fraction of sp³-hybridized carbons (Fsp3) is 0.333. The Bertz CT molecular complexity index is 579. The van der Waals surface area contributed by atoms with E-state index in [0.717, 1.165) is 24.8 Å². The molecule has 1 N–H and O–H groups in total. The molecule has 0 fully saturated rings. The van der Waals surface area contributed by atoms with Crippen LogP contribution in [0.2, 0.25) is 0 Å². The summed E-state index contributed by atoms with van der Waals surface area (Å²) >= 11 is 0. The highest BCUT2D eigenvalue weighted by atomic mass is 19.1. The van der Waals surface area contributed by atoms with Crippen molar-refractivity contribution in [1.29, 1.82) is 0 Å². The van der Waals surface area contributed by atoms with E-state index < -0.39 is 0 Å². The van der Waals surface area contributed by atoms with Gasteiger partial charge in [0.05, 0.1) is 0 Å². The number of halogens is 1. The summed E-state index contributed by atoms with van der Waals surface area (Å²) in [6, 6.07) is 16.3. The van der Waals surface area contributed by atoms with Gasteiger partial charge in [0.15, 0.2) is 0 Å². The topological polar surface area (TPSA) is 12.0 Å². The fourth-order valence-corrected chi connectivity index (χ4v) is 3.12. The monoisotopic (exact) mass is 269 g/mol. The Balaban J connectivity index is 1.81. The van der Waals surface area contributed by atoms with Crippen LogP contribution >= 0.6 is 0 Å². The van der Waals surface area contributed by atoms with E-state index in [2.05, 4.69) is 36.5 Å². The zero-order valence-corrected chi connectivity index (χ0v) is 11.8. The Labute approximate surface area is 119 Å². The molecule has 0 aliphatic heterocycles. The van der Waals surface area contributed by atoms with E-state index in [4.69, 9.17) is 0 Å². The van der Waals surface area contributed by atoms with Crippen molar-refractivity contribution in [3.05, 3.63) is 71.0 Å². The van der Waals surface area contributed by atoms with Crippen LogP contribution in [0.3, 0.4) is 0 Å². The highest BCUT2D eigenvalue weighted by Gasteiger charge is 2.25. The molecule has 20 heavy (non-hydrogen) atoms. The van der Waals surface area contributed by atoms with Crippen LogP contribution in [0.25, 0.3) is 0 Å². The third-order valence-corrected chi connectivity index (χ3v) is 4.20. The lowest BCUT2D eigenvalue weighted by Gasteiger charge is -2.23. The molecule has 0 spiro atoms. The van der Waals surface area contributed by atoms with E-state index in [-0.39, 0.29) is 11.9 Å². The van der Waals surface area contributed by atoms with E-state index in [0.29, 0.717) is 6.04 Å². The van der Waals surface area contributed by atoms with Crippen LogP contribution in [-0.4, -0.2) is 0 Å². The van der Waals surface area contributed by atoms with Gasteiger partial charge in [-0.1, -0.05) is 43.3 Å². The van der Waals surface area contributed by atoms with Crippen molar-refractivity contribution in [2.75, 3.05) is 0 Å². The lowest BCUT2D eigenvalue weighted by Crippen LogP contribution is -2.24. The lowest BCUT2D eigenvalue weighted by molar-refractivity contribution is 0.432. The molecule has 1 aliphatic rings. The molecule has 0 saturated carbocycles. The smallest absolute Gasteiger partial charge is 0.123 e. The molecule has 2 unspecified atom stereocenters. The number of aryl methyl sites for hydroxylation is 1. The van der Waals surface area contributed by atoms with Gasteiger partial charge in [0.25, 0.3) is 0 Å². The predicted molar refractivity (Wildman–Crippen MR) is 80.1 cm³/mol. The first-order valence-electron chi connectivity index (χ1n) is 7.37. The molecule has 2 atom stereocenters. The average molecular weight is 269 g/mol. The largest absolute Gasteiger partial charge is 0.303 e. The van der Waals surface area contributed by atoms with Crippen LogP contribution in [0.5, 0.6) is 0 Å². The number of hydrogen-bond acceptors (Lipinski definition) is 1. The van der Waals surface area contributed by atoms with Crippen molar-refractivity contribution >= 4 is 0 Å². The van der Waals surface area contributed by atoms with Gasteiger partial charge in [-0.3, -0.25) is 0 Å². The summed E-state index contributed by atoms with van der Waals surface area (Å²) in [6.45, 7) is 2.19. The lowest BCUT2D eigenvalue weighted by atomic mass is 10.0. The second-order valence-electron chi connectivity index (χ2n) is 5.47. The van der Waals surface area contributed by atoms with Gasteiger partial charge in [0, 0.05) is 12.1 Å². The Morgan fingerprint density at radius 2 is 2.00 bits per heavy atom. The van der Waals surface area contributed by atoms with Gasteiger partial charge >= 0.3 is 0 Å². The molecule has 1 aliphatic carbocycles. The van der Waals surface area contributed by atoms with Crippen molar-refractivity contribution in [2.24, 2.45) is 0 Å². The van der Waals surface area contributed by atoms with Gasteiger partial charge in [-0.15, -0.1) is 0 Å². The third kappa shape index (κ3) is 2.61. The molecule has 0 heterocycles. The van der Waals surface area contributed by atoms with Gasteiger partial charge < -0.3 is 5.32 Å². The summed E-state index contributed by atoms with van der Waals surface area (Å²) in [5.74, 6) is -0.134. The quantitative estimate of drug-likeness (QED) is 0.858. The van der Waals surface area contributed by atoms with Crippen molar-refractivity contribution in [2.45, 2.75) is 38.3 Å². The minimum absolute atomic E-state index is 0.134. The molecule has 2 aromatic rings. The van der Waals surface area contributed by atoms with E-state index in [1.54, 1.807) is 12.1 Å². The summed E-state index contributed by atoms with van der Waals surface area (Å²) in [7, 11) is 0. The summed E-state index contributed by atoms with van der Waals surface area (Å²) in [6.07, 6.45) is 3.13. The van der Waals surface area contributed by atoms with Gasteiger partial charge in [-0.05, 0) is 48.1 Å². The van der Waals surface area contributed by atoms with Crippen molar-refractivity contribution in [1.82, 2.24) is 5.32 Å². The second kappa shape index (κ2) is 5.76. The minimum Gasteiger partial charge on any atom is -0.303 e. The zero-order valence-electron chi connectivity index (χ0n) is 11.8. The molecule has 0 radical (unpaired) electrons. The Morgan fingerprint density at radius 3 is 2.75 bits per heavy atom. The maximum absolute atomic E-state index is 13.4. The van der Waals surface area contributed by atoms with Gasteiger partial charge in [-0.2, -0.15) is 0 Å².